The van der Waals surface area contributed by atoms with Crippen molar-refractivity contribution >= 4 is 49.2 Å². The Labute approximate surface area is 107 Å². The molecule has 0 atom stereocenters. The highest BCUT2D eigenvalue weighted by Crippen LogP contribution is 2.42. The molecule has 1 aromatic heterocycles. The van der Waals surface area contributed by atoms with Gasteiger partial charge in [0.05, 0.1) is 4.90 Å². The van der Waals surface area contributed by atoms with Gasteiger partial charge >= 0.3 is 0 Å². The van der Waals surface area contributed by atoms with Crippen molar-refractivity contribution in [2.24, 2.45) is 0 Å². The molecule has 0 radical (unpaired) electrons. The Bertz CT molecular complexity index is 589. The van der Waals surface area contributed by atoms with Gasteiger partial charge in [-0.3, -0.25) is 9.59 Å². The van der Waals surface area contributed by atoms with Gasteiger partial charge in [-0.25, -0.2) is 0 Å². The van der Waals surface area contributed by atoms with Gasteiger partial charge in [0, 0.05) is 23.9 Å². The second-order valence-corrected chi connectivity index (χ2v) is 5.77. The Balaban J connectivity index is 2.56. The van der Waals surface area contributed by atoms with E-state index in [0.717, 1.165) is 31.7 Å². The van der Waals surface area contributed by atoms with Crippen molar-refractivity contribution in [3.63, 3.8) is 0 Å². The topological polar surface area (TPSA) is 46.2 Å². The number of hydrogen-bond acceptors (Lipinski definition) is 4. The van der Waals surface area contributed by atoms with Gasteiger partial charge in [0.25, 0.3) is 0 Å². The summed E-state index contributed by atoms with van der Waals surface area (Å²) in [5, 5.41) is 4.55. The number of hydrogen-bond donors (Lipinski definition) is 1. The van der Waals surface area contributed by atoms with Crippen LogP contribution in [0.3, 0.4) is 0 Å². The fourth-order valence-corrected chi connectivity index (χ4v) is 3.59. The molecule has 88 valence electrons. The molecule has 0 saturated heterocycles. The first-order valence-corrected chi connectivity index (χ1v) is 6.69. The Kier molecular flexibility index (Phi) is 3.49. The lowest BCUT2D eigenvalue weighted by atomic mass is 10.3. The minimum Gasteiger partial charge on any atom is -0.317 e. The van der Waals surface area contributed by atoms with Crippen LogP contribution in [0.2, 0.25) is 0 Å². The van der Waals surface area contributed by atoms with Crippen LogP contribution in [0.15, 0.2) is 29.2 Å². The first-order chi connectivity index (χ1) is 8.08. The van der Waals surface area contributed by atoms with E-state index in [4.69, 9.17) is 0 Å². The number of nitrogens with one attached hydrogen (secondary N) is 1. The molecular formula is C12H11NO2S2. The minimum atomic E-state index is -0.123. The van der Waals surface area contributed by atoms with Crippen LogP contribution in [-0.2, 0) is 9.59 Å². The van der Waals surface area contributed by atoms with Crippen LogP contribution in [0.1, 0.15) is 13.8 Å². The lowest BCUT2D eigenvalue weighted by Gasteiger charge is -2.01. The number of rotatable bonds is 2. The largest absolute Gasteiger partial charge is 0.317 e. The summed E-state index contributed by atoms with van der Waals surface area (Å²) < 4.78 is 1.07. The zero-order valence-corrected chi connectivity index (χ0v) is 11.1. The van der Waals surface area contributed by atoms with Gasteiger partial charge in [0.1, 0.15) is 5.00 Å². The van der Waals surface area contributed by atoms with Gasteiger partial charge in [-0.1, -0.05) is 18.2 Å². The number of carbonyl (C=O) groups is 2. The molecule has 17 heavy (non-hydrogen) atoms. The quantitative estimate of drug-likeness (QED) is 0.845. The number of anilines is 1. The average Bonchev–Trinajstić information content (AvgIpc) is 2.55. The van der Waals surface area contributed by atoms with Gasteiger partial charge in [0.2, 0.25) is 5.91 Å². The molecule has 1 heterocycles. The van der Waals surface area contributed by atoms with Crippen LogP contribution in [-0.4, -0.2) is 11.0 Å². The zero-order chi connectivity index (χ0) is 12.4. The summed E-state index contributed by atoms with van der Waals surface area (Å²) >= 11 is 2.65. The van der Waals surface area contributed by atoms with Crippen molar-refractivity contribution < 1.29 is 9.59 Å². The Hall–Kier alpha value is -1.33. The smallest absolute Gasteiger partial charge is 0.221 e. The molecule has 0 aliphatic heterocycles. The highest BCUT2D eigenvalue weighted by molar-refractivity contribution is 8.14. The zero-order valence-electron chi connectivity index (χ0n) is 9.44. The van der Waals surface area contributed by atoms with E-state index in [0.29, 0.717) is 0 Å². The molecule has 0 unspecified atom stereocenters. The number of carbonyl (C=O) groups excluding carboxylic acids is 2. The molecule has 0 saturated carbocycles. The minimum absolute atomic E-state index is 0.0140. The molecular weight excluding hydrogens is 254 g/mol. The first-order valence-electron chi connectivity index (χ1n) is 5.05. The highest BCUT2D eigenvalue weighted by Gasteiger charge is 2.14. The molecule has 0 bridgehead atoms. The Morgan fingerprint density at radius 1 is 1.24 bits per heavy atom. The van der Waals surface area contributed by atoms with Crippen molar-refractivity contribution in [3.05, 3.63) is 24.3 Å². The number of thiophene rings is 1. The van der Waals surface area contributed by atoms with E-state index < -0.39 is 0 Å². The molecule has 0 fully saturated rings. The van der Waals surface area contributed by atoms with Gasteiger partial charge in [-0.15, -0.1) is 11.3 Å². The fraction of sp³-hybridized carbons (Fsp3) is 0.167. The SMILES string of the molecule is CC(=O)Nc1sc2ccccc2c1SC(C)=O. The van der Waals surface area contributed by atoms with E-state index >= 15 is 0 Å². The maximum Gasteiger partial charge on any atom is 0.221 e. The van der Waals surface area contributed by atoms with Crippen molar-refractivity contribution in [1.29, 1.82) is 0 Å². The number of amides is 1. The summed E-state index contributed by atoms with van der Waals surface area (Å²) in [5.74, 6) is -0.123. The normalized spacial score (nSPS) is 10.5. The number of fused-ring (bicyclic) bond motifs is 1. The van der Waals surface area contributed by atoms with Gasteiger partial charge in [-0.05, 0) is 17.8 Å². The molecule has 2 aromatic rings. The standard InChI is InChI=1S/C12H11NO2S2/c1-7(14)13-12-11(16-8(2)15)9-5-3-4-6-10(9)17-12/h3-6H,1-2H3,(H,13,14). The fourth-order valence-electron chi connectivity index (χ4n) is 1.51. The maximum atomic E-state index is 11.2. The third-order valence-corrected chi connectivity index (χ3v) is 4.22. The lowest BCUT2D eigenvalue weighted by molar-refractivity contribution is -0.114. The van der Waals surface area contributed by atoms with E-state index in [9.17, 15) is 9.59 Å². The van der Waals surface area contributed by atoms with Crippen LogP contribution in [0, 0.1) is 0 Å². The number of thioether (sulfide) groups is 1. The van der Waals surface area contributed by atoms with E-state index in [1.807, 2.05) is 24.3 Å². The first kappa shape index (κ1) is 12.1. The Morgan fingerprint density at radius 3 is 2.59 bits per heavy atom. The molecule has 1 aromatic carbocycles. The van der Waals surface area contributed by atoms with E-state index in [1.165, 1.54) is 25.2 Å². The predicted octanol–water partition coefficient (Wildman–Crippen LogP) is 3.50. The van der Waals surface area contributed by atoms with Crippen molar-refractivity contribution in [2.45, 2.75) is 18.7 Å². The molecule has 5 heteroatoms. The van der Waals surface area contributed by atoms with E-state index in [-0.39, 0.29) is 11.0 Å². The summed E-state index contributed by atoms with van der Waals surface area (Å²) in [7, 11) is 0. The van der Waals surface area contributed by atoms with Gasteiger partial charge in [0.15, 0.2) is 5.12 Å². The highest BCUT2D eigenvalue weighted by atomic mass is 32.2. The molecule has 1 amide bonds. The second kappa shape index (κ2) is 4.89. The lowest BCUT2D eigenvalue weighted by Crippen LogP contribution is -2.04. The van der Waals surface area contributed by atoms with Crippen molar-refractivity contribution in [3.8, 4) is 0 Å². The summed E-state index contributed by atoms with van der Waals surface area (Å²) in [6.45, 7) is 2.99. The third kappa shape index (κ3) is 2.68. The third-order valence-electron chi connectivity index (χ3n) is 2.09. The maximum absolute atomic E-state index is 11.2. The number of benzene rings is 1. The monoisotopic (exact) mass is 265 g/mol. The summed E-state index contributed by atoms with van der Waals surface area (Å²) in [6, 6.07) is 7.81. The van der Waals surface area contributed by atoms with Crippen LogP contribution in [0.5, 0.6) is 0 Å². The van der Waals surface area contributed by atoms with E-state index in [1.54, 1.807) is 0 Å². The van der Waals surface area contributed by atoms with Crippen LogP contribution < -0.4 is 5.32 Å². The van der Waals surface area contributed by atoms with Gasteiger partial charge < -0.3 is 5.32 Å². The predicted molar refractivity (Wildman–Crippen MR) is 72.7 cm³/mol. The van der Waals surface area contributed by atoms with Crippen molar-refractivity contribution in [1.82, 2.24) is 0 Å². The molecule has 0 aliphatic rings. The summed E-state index contributed by atoms with van der Waals surface area (Å²) in [4.78, 5) is 23.2. The van der Waals surface area contributed by atoms with Gasteiger partial charge in [-0.2, -0.15) is 0 Å². The van der Waals surface area contributed by atoms with Crippen LogP contribution in [0.4, 0.5) is 5.00 Å². The summed E-state index contributed by atoms with van der Waals surface area (Å²) in [5.41, 5.74) is 0. The summed E-state index contributed by atoms with van der Waals surface area (Å²) in [6.07, 6.45) is 0. The average molecular weight is 265 g/mol. The van der Waals surface area contributed by atoms with Crippen LogP contribution >= 0.6 is 23.1 Å². The molecule has 0 spiro atoms. The van der Waals surface area contributed by atoms with Crippen LogP contribution in [0.25, 0.3) is 10.1 Å². The Morgan fingerprint density at radius 2 is 1.94 bits per heavy atom. The molecule has 0 aliphatic carbocycles. The second-order valence-electron chi connectivity index (χ2n) is 3.53. The molecule has 2 rings (SSSR count). The molecule has 1 N–H and O–H groups in total. The van der Waals surface area contributed by atoms with Crippen molar-refractivity contribution in [2.75, 3.05) is 5.32 Å². The molecule has 3 nitrogen and oxygen atoms in total. The van der Waals surface area contributed by atoms with E-state index in [2.05, 4.69) is 5.32 Å².